The topological polar surface area (TPSA) is 17.1 Å². The minimum absolute atomic E-state index is 0.324. The van der Waals surface area contributed by atoms with Crippen LogP contribution in [0.3, 0.4) is 0 Å². The van der Waals surface area contributed by atoms with E-state index in [0.717, 1.165) is 18.8 Å². The molecular weight excluding hydrogens is 220 g/mol. The molecule has 0 aromatic carbocycles. The fourth-order valence-electron chi connectivity index (χ4n) is 5.42. The second kappa shape index (κ2) is 3.37. The van der Waals surface area contributed by atoms with Crippen LogP contribution in [-0.2, 0) is 4.79 Å². The third kappa shape index (κ3) is 1.21. The lowest BCUT2D eigenvalue weighted by Crippen LogP contribution is -2.32. The molecule has 96 valence electrons. The third-order valence-electron chi connectivity index (χ3n) is 6.36. The lowest BCUT2D eigenvalue weighted by atomic mass is 9.69. The maximum absolute atomic E-state index is 12.4. The summed E-state index contributed by atoms with van der Waals surface area (Å²) in [5.74, 6) is 2.78. The van der Waals surface area contributed by atoms with Gasteiger partial charge < -0.3 is 0 Å². The highest BCUT2D eigenvalue weighted by molar-refractivity contribution is 5.84. The van der Waals surface area contributed by atoms with Gasteiger partial charge in [-0.05, 0) is 55.3 Å². The lowest BCUT2D eigenvalue weighted by molar-refractivity contribution is -0.126. The summed E-state index contributed by atoms with van der Waals surface area (Å²) in [7, 11) is 0. The smallest absolute Gasteiger partial charge is 0.137 e. The van der Waals surface area contributed by atoms with E-state index < -0.39 is 0 Å². The highest BCUT2D eigenvalue weighted by Crippen LogP contribution is 2.73. The van der Waals surface area contributed by atoms with Crippen LogP contribution in [0.15, 0.2) is 23.8 Å². The summed E-state index contributed by atoms with van der Waals surface area (Å²) in [6.45, 7) is 6.71. The van der Waals surface area contributed by atoms with Crippen LogP contribution in [0.1, 0.15) is 45.4 Å². The summed E-state index contributed by atoms with van der Waals surface area (Å²) in [6, 6.07) is 0. The van der Waals surface area contributed by atoms with Crippen molar-refractivity contribution in [2.75, 3.05) is 0 Å². The Morgan fingerprint density at radius 1 is 1.33 bits per heavy atom. The van der Waals surface area contributed by atoms with E-state index in [1.54, 1.807) is 5.57 Å². The molecule has 5 atom stereocenters. The van der Waals surface area contributed by atoms with Crippen LogP contribution in [0.4, 0.5) is 0 Å². The molecule has 4 rings (SSSR count). The van der Waals surface area contributed by atoms with Gasteiger partial charge in [0.05, 0.1) is 0 Å². The van der Waals surface area contributed by atoms with E-state index in [1.165, 1.54) is 31.3 Å². The molecule has 1 nitrogen and oxygen atoms in total. The molecule has 0 unspecified atom stereocenters. The standard InChI is InChI=1S/C17H22O/c1-10-5-8-13(18)14-12(10)7-6-11-4-3-9-17(2)15(11)16(14)17/h4,12,14-16H,1,3,5-9H2,2H3/t12-,14+,15-,16+,17-/m1/s1. The van der Waals surface area contributed by atoms with Crippen molar-refractivity contribution in [1.82, 2.24) is 0 Å². The second-order valence-electron chi connectivity index (χ2n) is 7.12. The quantitative estimate of drug-likeness (QED) is 0.589. The first-order valence-corrected chi connectivity index (χ1v) is 7.52. The predicted molar refractivity (Wildman–Crippen MR) is 72.0 cm³/mol. The molecule has 4 aliphatic rings. The average Bonchev–Trinajstić information content (AvgIpc) is 3.01. The molecule has 0 aromatic rings. The first-order valence-electron chi connectivity index (χ1n) is 7.52. The van der Waals surface area contributed by atoms with E-state index in [0.29, 0.717) is 29.0 Å². The molecule has 4 aliphatic carbocycles. The summed E-state index contributed by atoms with van der Waals surface area (Å²) in [4.78, 5) is 12.4. The van der Waals surface area contributed by atoms with Gasteiger partial charge in [0.1, 0.15) is 5.78 Å². The summed E-state index contributed by atoms with van der Waals surface area (Å²) >= 11 is 0. The molecular formula is C17H22O. The normalized spacial score (nSPS) is 49.9. The van der Waals surface area contributed by atoms with Gasteiger partial charge in [-0.3, -0.25) is 4.79 Å². The minimum Gasteiger partial charge on any atom is -0.299 e. The number of hydrogen-bond donors (Lipinski definition) is 0. The Labute approximate surface area is 109 Å². The predicted octanol–water partition coefficient (Wildman–Crippen LogP) is 3.90. The number of fused-ring (bicyclic) bond motifs is 3. The molecule has 0 radical (unpaired) electrons. The van der Waals surface area contributed by atoms with E-state index in [9.17, 15) is 4.79 Å². The Hall–Kier alpha value is -0.850. The molecule has 3 saturated carbocycles. The zero-order valence-electron chi connectivity index (χ0n) is 11.2. The molecule has 0 aliphatic heterocycles. The van der Waals surface area contributed by atoms with Gasteiger partial charge >= 0.3 is 0 Å². The van der Waals surface area contributed by atoms with Gasteiger partial charge in [0.25, 0.3) is 0 Å². The fraction of sp³-hybridized carbons (Fsp3) is 0.706. The van der Waals surface area contributed by atoms with Crippen molar-refractivity contribution in [3.05, 3.63) is 23.8 Å². The molecule has 0 aromatic heterocycles. The monoisotopic (exact) mass is 242 g/mol. The molecule has 0 heterocycles. The number of ketones is 1. The molecule has 1 heteroatoms. The van der Waals surface area contributed by atoms with Crippen LogP contribution in [0, 0.1) is 29.1 Å². The van der Waals surface area contributed by atoms with Gasteiger partial charge in [0, 0.05) is 12.3 Å². The van der Waals surface area contributed by atoms with Crippen molar-refractivity contribution < 1.29 is 4.79 Å². The molecule has 0 N–H and O–H groups in total. The zero-order chi connectivity index (χ0) is 12.5. The van der Waals surface area contributed by atoms with Crippen molar-refractivity contribution in [2.24, 2.45) is 29.1 Å². The van der Waals surface area contributed by atoms with E-state index in [4.69, 9.17) is 0 Å². The van der Waals surface area contributed by atoms with Crippen LogP contribution >= 0.6 is 0 Å². The number of hydrogen-bond acceptors (Lipinski definition) is 1. The largest absolute Gasteiger partial charge is 0.299 e. The van der Waals surface area contributed by atoms with Gasteiger partial charge in [-0.25, -0.2) is 0 Å². The Kier molecular flexibility index (Phi) is 2.06. The van der Waals surface area contributed by atoms with Crippen LogP contribution in [0.2, 0.25) is 0 Å². The number of carbonyl (C=O) groups excluding carboxylic acids is 1. The van der Waals surface area contributed by atoms with Crippen molar-refractivity contribution in [1.29, 1.82) is 0 Å². The van der Waals surface area contributed by atoms with E-state index in [-0.39, 0.29) is 0 Å². The maximum Gasteiger partial charge on any atom is 0.137 e. The maximum atomic E-state index is 12.4. The SMILES string of the molecule is C=C1CCC(=O)[C@H]2[C@H]3[C@H]4C(=CCC[C@@]34C)CC[C@H]12. The van der Waals surface area contributed by atoms with E-state index in [1.807, 2.05) is 0 Å². The molecule has 18 heavy (non-hydrogen) atoms. The molecule has 0 bridgehead atoms. The van der Waals surface area contributed by atoms with Gasteiger partial charge in [-0.1, -0.05) is 30.7 Å². The summed E-state index contributed by atoms with van der Waals surface area (Å²) in [6.07, 6.45) is 9.15. The summed E-state index contributed by atoms with van der Waals surface area (Å²) in [5.41, 5.74) is 3.51. The van der Waals surface area contributed by atoms with Crippen molar-refractivity contribution >= 4 is 5.78 Å². The number of allylic oxidation sites excluding steroid dienone is 3. The third-order valence-corrected chi connectivity index (χ3v) is 6.36. The van der Waals surface area contributed by atoms with Crippen molar-refractivity contribution in [3.8, 4) is 0 Å². The molecule has 0 saturated heterocycles. The van der Waals surface area contributed by atoms with E-state index >= 15 is 0 Å². The minimum atomic E-state index is 0.324. The Morgan fingerprint density at radius 2 is 2.17 bits per heavy atom. The van der Waals surface area contributed by atoms with Crippen LogP contribution in [-0.4, -0.2) is 5.78 Å². The van der Waals surface area contributed by atoms with Crippen molar-refractivity contribution in [3.63, 3.8) is 0 Å². The highest BCUT2D eigenvalue weighted by Gasteiger charge is 2.68. The van der Waals surface area contributed by atoms with Crippen LogP contribution in [0.25, 0.3) is 0 Å². The zero-order valence-corrected chi connectivity index (χ0v) is 11.2. The van der Waals surface area contributed by atoms with Crippen LogP contribution in [0.5, 0.6) is 0 Å². The Morgan fingerprint density at radius 3 is 3.00 bits per heavy atom. The molecule has 0 amide bonds. The fourth-order valence-corrected chi connectivity index (χ4v) is 5.42. The van der Waals surface area contributed by atoms with Gasteiger partial charge in [0.15, 0.2) is 0 Å². The summed E-state index contributed by atoms with van der Waals surface area (Å²) in [5, 5.41) is 0. The van der Waals surface area contributed by atoms with E-state index in [2.05, 4.69) is 19.6 Å². The Balaban J connectivity index is 1.78. The van der Waals surface area contributed by atoms with Gasteiger partial charge in [-0.2, -0.15) is 0 Å². The average molecular weight is 242 g/mol. The van der Waals surface area contributed by atoms with Gasteiger partial charge in [0.2, 0.25) is 0 Å². The summed E-state index contributed by atoms with van der Waals surface area (Å²) < 4.78 is 0. The number of rotatable bonds is 0. The molecule has 0 spiro atoms. The van der Waals surface area contributed by atoms with Gasteiger partial charge in [-0.15, -0.1) is 0 Å². The van der Waals surface area contributed by atoms with Crippen molar-refractivity contribution in [2.45, 2.75) is 45.4 Å². The highest BCUT2D eigenvalue weighted by atomic mass is 16.1. The second-order valence-corrected chi connectivity index (χ2v) is 7.12. The first-order chi connectivity index (χ1) is 8.63. The Bertz CT molecular complexity index is 472. The first kappa shape index (κ1) is 11.0. The molecule has 3 fully saturated rings. The number of carbonyl (C=O) groups is 1. The number of Topliss-reactive ketones (excluding diaryl/α,β-unsaturated/α-hetero) is 1. The lowest BCUT2D eigenvalue weighted by Gasteiger charge is -2.34. The van der Waals surface area contributed by atoms with Crippen LogP contribution < -0.4 is 0 Å².